The summed E-state index contributed by atoms with van der Waals surface area (Å²) in [4.78, 5) is 10.0. The van der Waals surface area contributed by atoms with Gasteiger partial charge in [-0.2, -0.15) is 0 Å². The molecule has 0 aliphatic heterocycles. The van der Waals surface area contributed by atoms with Crippen LogP contribution in [-0.4, -0.2) is 6.29 Å². The Balaban J connectivity index is 3.57. The molecule has 1 heteroatoms. The molecule has 0 rings (SSSR count). The molecule has 0 amide bonds. The second-order valence-electron chi connectivity index (χ2n) is 2.73. The summed E-state index contributed by atoms with van der Waals surface area (Å²) >= 11 is 0. The molecule has 0 aromatic rings. The predicted octanol–water partition coefficient (Wildman–Crippen LogP) is 2.87. The average Bonchev–Trinajstić information content (AvgIpc) is 2.03. The van der Waals surface area contributed by atoms with Gasteiger partial charge in [-0.25, -0.2) is 0 Å². The molecule has 0 fully saturated rings. The topological polar surface area (TPSA) is 17.1 Å². The molecule has 0 aliphatic carbocycles. The van der Waals surface area contributed by atoms with Crippen LogP contribution in [0.4, 0.5) is 0 Å². The van der Waals surface area contributed by atoms with Crippen molar-refractivity contribution >= 4 is 6.29 Å². The third kappa shape index (κ3) is 5.84. The maximum absolute atomic E-state index is 10.0. The van der Waals surface area contributed by atoms with E-state index in [2.05, 4.69) is 26.0 Å². The van der Waals surface area contributed by atoms with Crippen LogP contribution in [0.1, 0.15) is 39.5 Å². The zero-order valence-corrected chi connectivity index (χ0v) is 7.47. The smallest absolute Gasteiger partial charge is 0.198 e. The first-order chi connectivity index (χ1) is 5.35. The van der Waals surface area contributed by atoms with E-state index in [4.69, 9.17) is 0 Å². The van der Waals surface area contributed by atoms with Crippen LogP contribution in [0.5, 0.6) is 0 Å². The third-order valence-electron chi connectivity index (χ3n) is 1.73. The van der Waals surface area contributed by atoms with Crippen molar-refractivity contribution in [2.45, 2.75) is 39.5 Å². The van der Waals surface area contributed by atoms with Crippen LogP contribution in [0.25, 0.3) is 0 Å². The SMILES string of the molecule is CCCC=CC(CC)C[C]=O. The van der Waals surface area contributed by atoms with Gasteiger partial charge < -0.3 is 0 Å². The molecular formula is C10H17O. The molecule has 63 valence electrons. The van der Waals surface area contributed by atoms with E-state index < -0.39 is 0 Å². The highest BCUT2D eigenvalue weighted by atomic mass is 16.1. The summed E-state index contributed by atoms with van der Waals surface area (Å²) in [7, 11) is 0. The number of hydrogen-bond acceptors (Lipinski definition) is 1. The summed E-state index contributed by atoms with van der Waals surface area (Å²) in [6.07, 6.45) is 10.1. The first-order valence-corrected chi connectivity index (χ1v) is 4.36. The second kappa shape index (κ2) is 7.52. The fourth-order valence-corrected chi connectivity index (χ4v) is 0.911. The van der Waals surface area contributed by atoms with E-state index in [0.29, 0.717) is 12.3 Å². The summed E-state index contributed by atoms with van der Waals surface area (Å²) in [6, 6.07) is 0. The van der Waals surface area contributed by atoms with Crippen LogP contribution < -0.4 is 0 Å². The summed E-state index contributed by atoms with van der Waals surface area (Å²) < 4.78 is 0. The van der Waals surface area contributed by atoms with Gasteiger partial charge in [-0.3, -0.25) is 4.79 Å². The number of unbranched alkanes of at least 4 members (excludes halogenated alkanes) is 1. The van der Waals surface area contributed by atoms with Gasteiger partial charge in [0.25, 0.3) is 0 Å². The van der Waals surface area contributed by atoms with Crippen LogP contribution >= 0.6 is 0 Å². The van der Waals surface area contributed by atoms with E-state index in [1.54, 1.807) is 0 Å². The fraction of sp³-hybridized carbons (Fsp3) is 0.700. The van der Waals surface area contributed by atoms with E-state index in [-0.39, 0.29) is 0 Å². The van der Waals surface area contributed by atoms with Crippen LogP contribution in [0.2, 0.25) is 0 Å². The zero-order valence-electron chi connectivity index (χ0n) is 7.47. The quantitative estimate of drug-likeness (QED) is 0.536. The number of allylic oxidation sites excluding steroid dienone is 2. The molecule has 0 saturated heterocycles. The van der Waals surface area contributed by atoms with Crippen molar-refractivity contribution in [3.63, 3.8) is 0 Å². The lowest BCUT2D eigenvalue weighted by atomic mass is 10.0. The number of carbonyl (C=O) groups excluding carboxylic acids is 1. The van der Waals surface area contributed by atoms with Gasteiger partial charge in [0.15, 0.2) is 6.29 Å². The Hall–Kier alpha value is -0.590. The molecule has 0 heterocycles. The third-order valence-corrected chi connectivity index (χ3v) is 1.73. The van der Waals surface area contributed by atoms with Gasteiger partial charge >= 0.3 is 0 Å². The minimum Gasteiger partial charge on any atom is -0.291 e. The average molecular weight is 153 g/mol. The van der Waals surface area contributed by atoms with Crippen LogP contribution in [0, 0.1) is 5.92 Å². The summed E-state index contributed by atoms with van der Waals surface area (Å²) in [5, 5.41) is 0. The van der Waals surface area contributed by atoms with Gasteiger partial charge in [0.05, 0.1) is 0 Å². The minimum absolute atomic E-state index is 0.416. The lowest BCUT2D eigenvalue weighted by Crippen LogP contribution is -1.94. The van der Waals surface area contributed by atoms with Crippen molar-refractivity contribution in [2.75, 3.05) is 0 Å². The molecule has 11 heavy (non-hydrogen) atoms. The Bertz CT molecular complexity index is 116. The summed E-state index contributed by atoms with van der Waals surface area (Å²) in [6.45, 7) is 4.25. The first-order valence-electron chi connectivity index (χ1n) is 4.36. The van der Waals surface area contributed by atoms with E-state index >= 15 is 0 Å². The normalized spacial score (nSPS) is 13.6. The lowest BCUT2D eigenvalue weighted by molar-refractivity contribution is 0.532. The molecule has 0 aromatic heterocycles. The van der Waals surface area contributed by atoms with Gasteiger partial charge in [-0.15, -0.1) is 0 Å². The second-order valence-corrected chi connectivity index (χ2v) is 2.73. The van der Waals surface area contributed by atoms with E-state index in [9.17, 15) is 4.79 Å². The van der Waals surface area contributed by atoms with E-state index in [1.165, 1.54) is 6.42 Å². The molecule has 0 aromatic carbocycles. The molecule has 1 radical (unpaired) electrons. The number of rotatable bonds is 6. The van der Waals surface area contributed by atoms with Gasteiger partial charge in [0, 0.05) is 6.42 Å². The van der Waals surface area contributed by atoms with Crippen molar-refractivity contribution in [1.82, 2.24) is 0 Å². The van der Waals surface area contributed by atoms with Crippen molar-refractivity contribution in [3.05, 3.63) is 12.2 Å². The standard InChI is InChI=1S/C10H17O/c1-3-5-6-7-10(4-2)8-9-11/h6-7,10H,3-5,8H2,1-2H3. The lowest BCUT2D eigenvalue weighted by Gasteiger charge is -2.02. The fourth-order valence-electron chi connectivity index (χ4n) is 0.911. The highest BCUT2D eigenvalue weighted by Crippen LogP contribution is 2.08. The van der Waals surface area contributed by atoms with Gasteiger partial charge in [0.2, 0.25) is 0 Å². The van der Waals surface area contributed by atoms with E-state index in [0.717, 1.165) is 12.8 Å². The van der Waals surface area contributed by atoms with Crippen LogP contribution in [0.3, 0.4) is 0 Å². The monoisotopic (exact) mass is 153 g/mol. The first kappa shape index (κ1) is 10.4. The Labute approximate surface area is 69.5 Å². The largest absolute Gasteiger partial charge is 0.291 e. The highest BCUT2D eigenvalue weighted by Gasteiger charge is 1.99. The minimum atomic E-state index is 0.416. The van der Waals surface area contributed by atoms with Gasteiger partial charge in [-0.1, -0.05) is 32.4 Å². The molecule has 0 spiro atoms. The predicted molar refractivity (Wildman–Crippen MR) is 48.1 cm³/mol. The van der Waals surface area contributed by atoms with Crippen molar-refractivity contribution in [1.29, 1.82) is 0 Å². The molecule has 0 bridgehead atoms. The highest BCUT2D eigenvalue weighted by molar-refractivity contribution is 5.51. The Morgan fingerprint density at radius 1 is 1.45 bits per heavy atom. The molecule has 0 N–H and O–H groups in total. The van der Waals surface area contributed by atoms with Gasteiger partial charge in [-0.05, 0) is 18.8 Å². The molecule has 0 aliphatic rings. The van der Waals surface area contributed by atoms with Crippen molar-refractivity contribution in [2.24, 2.45) is 5.92 Å². The van der Waals surface area contributed by atoms with Gasteiger partial charge in [0.1, 0.15) is 0 Å². The van der Waals surface area contributed by atoms with E-state index in [1.807, 2.05) is 6.29 Å². The van der Waals surface area contributed by atoms with Crippen molar-refractivity contribution in [3.8, 4) is 0 Å². The van der Waals surface area contributed by atoms with Crippen molar-refractivity contribution < 1.29 is 4.79 Å². The Morgan fingerprint density at radius 3 is 2.64 bits per heavy atom. The Morgan fingerprint density at radius 2 is 2.18 bits per heavy atom. The molecule has 1 atom stereocenters. The molecular weight excluding hydrogens is 136 g/mol. The molecule has 0 saturated carbocycles. The molecule has 1 nitrogen and oxygen atoms in total. The zero-order chi connectivity index (χ0) is 8.53. The number of hydrogen-bond donors (Lipinski definition) is 0. The maximum atomic E-state index is 10.0. The Kier molecular flexibility index (Phi) is 7.11. The van der Waals surface area contributed by atoms with Crippen LogP contribution in [0.15, 0.2) is 12.2 Å². The van der Waals surface area contributed by atoms with Crippen LogP contribution in [-0.2, 0) is 4.79 Å². The molecule has 1 unspecified atom stereocenters. The summed E-state index contributed by atoms with van der Waals surface area (Å²) in [5.74, 6) is 0.416. The maximum Gasteiger partial charge on any atom is 0.198 e. The summed E-state index contributed by atoms with van der Waals surface area (Å²) in [5.41, 5.74) is 0.